The number of nitrogens with zero attached hydrogens (tertiary/aromatic N) is 1. The average Bonchev–Trinajstić information content (AvgIpc) is 2.89. The van der Waals surface area contributed by atoms with Gasteiger partial charge in [0, 0.05) is 0 Å². The van der Waals surface area contributed by atoms with Crippen molar-refractivity contribution in [3.63, 3.8) is 0 Å². The lowest BCUT2D eigenvalue weighted by Gasteiger charge is -2.49. The Bertz CT molecular complexity index is 1110. The van der Waals surface area contributed by atoms with Crippen LogP contribution >= 0.6 is 0 Å². The first-order chi connectivity index (χ1) is 16.7. The van der Waals surface area contributed by atoms with Crippen LogP contribution in [0, 0.1) is 0 Å². The van der Waals surface area contributed by atoms with Crippen molar-refractivity contribution in [1.82, 2.24) is 4.90 Å². The lowest BCUT2D eigenvalue weighted by Crippen LogP contribution is -2.70. The monoisotopic (exact) mass is 479 g/mol. The van der Waals surface area contributed by atoms with Gasteiger partial charge in [-0.3, -0.25) is 4.90 Å². The predicted octanol–water partition coefficient (Wildman–Crippen LogP) is 5.91. The summed E-state index contributed by atoms with van der Waals surface area (Å²) in [6, 6.07) is 26.9. The Balaban J connectivity index is 1.50. The Morgan fingerprint density at radius 2 is 1.40 bits per heavy atom. The molecule has 3 aromatic carbocycles. The van der Waals surface area contributed by atoms with Crippen LogP contribution in [0.4, 0.5) is 8.78 Å². The van der Waals surface area contributed by atoms with Gasteiger partial charge in [0.1, 0.15) is 5.75 Å². The summed E-state index contributed by atoms with van der Waals surface area (Å²) in [5.41, 5.74) is -1.05. The van der Waals surface area contributed by atoms with E-state index in [0.717, 1.165) is 18.1 Å². The van der Waals surface area contributed by atoms with Gasteiger partial charge in [0.15, 0.2) is 11.1 Å². The minimum Gasteiger partial charge on any atom is -0.425 e. The van der Waals surface area contributed by atoms with E-state index >= 15 is 0 Å². The Morgan fingerprint density at radius 3 is 1.94 bits per heavy atom. The molecule has 4 rings (SSSR count). The van der Waals surface area contributed by atoms with E-state index in [1.165, 1.54) is 12.5 Å². The fourth-order valence-corrected chi connectivity index (χ4v) is 4.80. The van der Waals surface area contributed by atoms with Crippen molar-refractivity contribution >= 4 is 5.97 Å². The van der Waals surface area contributed by atoms with Crippen LogP contribution in [-0.2, 0) is 4.79 Å². The predicted molar refractivity (Wildman–Crippen MR) is 133 cm³/mol. The van der Waals surface area contributed by atoms with Gasteiger partial charge >= 0.3 is 5.97 Å². The summed E-state index contributed by atoms with van der Waals surface area (Å²) in [4.78, 5) is 14.9. The number of ether oxygens (including phenoxy) is 1. The smallest absolute Gasteiger partial charge is 0.334 e. The Kier molecular flexibility index (Phi) is 7.33. The Morgan fingerprint density at radius 1 is 0.886 bits per heavy atom. The highest BCUT2D eigenvalue weighted by Crippen LogP contribution is 2.39. The number of carbonyl (C=O) groups excluding carboxylic acids is 1. The van der Waals surface area contributed by atoms with Crippen molar-refractivity contribution in [2.45, 2.75) is 50.2 Å². The lowest BCUT2D eigenvalue weighted by molar-refractivity contribution is -0.196. The van der Waals surface area contributed by atoms with Crippen molar-refractivity contribution in [2.24, 2.45) is 0 Å². The molecule has 0 aliphatic carbocycles. The molecule has 35 heavy (non-hydrogen) atoms. The third-order valence-corrected chi connectivity index (χ3v) is 7.38. The molecule has 0 saturated carbocycles. The Labute approximate surface area is 205 Å². The van der Waals surface area contributed by atoms with Crippen LogP contribution in [0.2, 0.25) is 0 Å². The van der Waals surface area contributed by atoms with Crippen LogP contribution in [0.15, 0.2) is 84.9 Å². The van der Waals surface area contributed by atoms with Gasteiger partial charge in [-0.2, -0.15) is 0 Å². The molecule has 2 atom stereocenters. The van der Waals surface area contributed by atoms with Crippen molar-refractivity contribution in [3.8, 4) is 16.9 Å². The van der Waals surface area contributed by atoms with Crippen molar-refractivity contribution in [3.05, 3.63) is 90.5 Å². The van der Waals surface area contributed by atoms with Crippen molar-refractivity contribution < 1.29 is 23.4 Å². The van der Waals surface area contributed by atoms with Gasteiger partial charge in [-0.1, -0.05) is 72.8 Å². The molecule has 4 nitrogen and oxygen atoms in total. The molecule has 1 saturated heterocycles. The number of para-hydroxylation sites is 1. The second-order valence-corrected chi connectivity index (χ2v) is 9.47. The quantitative estimate of drug-likeness (QED) is 0.338. The van der Waals surface area contributed by atoms with Gasteiger partial charge in [0.2, 0.25) is 0 Å². The van der Waals surface area contributed by atoms with Crippen molar-refractivity contribution in [2.75, 3.05) is 13.1 Å². The first-order valence-corrected chi connectivity index (χ1v) is 11.9. The van der Waals surface area contributed by atoms with Crippen LogP contribution in [0.25, 0.3) is 11.1 Å². The first-order valence-electron chi connectivity index (χ1n) is 11.9. The second kappa shape index (κ2) is 10.3. The molecule has 1 aliphatic rings. The molecule has 6 heteroatoms. The van der Waals surface area contributed by atoms with Crippen LogP contribution in [0.5, 0.6) is 5.75 Å². The maximum absolute atomic E-state index is 14.0. The molecule has 2 unspecified atom stereocenters. The number of alkyl halides is 2. The van der Waals surface area contributed by atoms with E-state index < -0.39 is 23.5 Å². The number of hydrogen-bond acceptors (Lipinski definition) is 4. The molecule has 0 spiro atoms. The zero-order valence-corrected chi connectivity index (χ0v) is 20.0. The van der Waals surface area contributed by atoms with E-state index in [-0.39, 0.29) is 11.7 Å². The van der Waals surface area contributed by atoms with E-state index in [4.69, 9.17) is 4.74 Å². The van der Waals surface area contributed by atoms with Gasteiger partial charge in [0.05, 0.1) is 0 Å². The molecule has 0 aromatic heterocycles. The van der Waals surface area contributed by atoms with Crippen molar-refractivity contribution in [1.29, 1.82) is 0 Å². The minimum absolute atomic E-state index is 0.238. The Hall–Kier alpha value is -3.09. The third kappa shape index (κ3) is 5.00. The molecular formula is C29H31F2NO3. The summed E-state index contributed by atoms with van der Waals surface area (Å²) in [5, 5.41) is 10.8. The normalized spacial score (nSPS) is 18.6. The molecule has 1 aliphatic heterocycles. The second-order valence-electron chi connectivity index (χ2n) is 9.47. The molecule has 0 bridgehead atoms. The van der Waals surface area contributed by atoms with Crippen LogP contribution < -0.4 is 4.74 Å². The maximum atomic E-state index is 14.0. The summed E-state index contributed by atoms with van der Waals surface area (Å²) in [5.74, 6) is -0.399. The number of rotatable bonds is 7. The average molecular weight is 480 g/mol. The number of piperidine rings is 1. The van der Waals surface area contributed by atoms with Crippen LogP contribution in [0.3, 0.4) is 0 Å². The zero-order chi connectivity index (χ0) is 25.1. The highest BCUT2D eigenvalue weighted by molar-refractivity contribution is 5.84. The number of hydrogen-bond donors (Lipinski definition) is 1. The SMILES string of the molecule is CC(O)(C(F)F)C(C)(C(=O)Oc1ccccc1)N1CCC(c2ccc(-c3ccccc3)cc2)CC1. The van der Waals surface area contributed by atoms with Gasteiger partial charge in [-0.25, -0.2) is 13.6 Å². The van der Waals surface area contributed by atoms with Gasteiger partial charge in [-0.05, 0) is 74.5 Å². The van der Waals surface area contributed by atoms with Gasteiger partial charge < -0.3 is 9.84 Å². The number of esters is 1. The standard InChI is InChI=1S/C29H31F2NO3/c1-28(29(2,34)26(30)31,27(33)35-25-11-7-4-8-12-25)32-19-17-24(18-20-32)23-15-13-22(14-16-23)21-9-5-3-6-10-21/h3-16,24,26,34H,17-20H2,1-2H3. The number of carbonyl (C=O) groups is 1. The number of likely N-dealkylation sites (tertiary alicyclic amines) is 1. The molecule has 1 fully saturated rings. The number of benzene rings is 3. The summed E-state index contributed by atoms with van der Waals surface area (Å²) >= 11 is 0. The molecule has 0 amide bonds. The fraction of sp³-hybridized carbons (Fsp3) is 0.345. The van der Waals surface area contributed by atoms with Crippen LogP contribution in [0.1, 0.15) is 38.2 Å². The fourth-order valence-electron chi connectivity index (χ4n) is 4.80. The zero-order valence-electron chi connectivity index (χ0n) is 20.0. The summed E-state index contributed by atoms with van der Waals surface area (Å²) in [6.07, 6.45) is -1.77. The molecule has 184 valence electrons. The largest absolute Gasteiger partial charge is 0.425 e. The summed E-state index contributed by atoms with van der Waals surface area (Å²) in [6.45, 7) is 3.14. The van der Waals surface area contributed by atoms with E-state index in [1.54, 1.807) is 35.2 Å². The van der Waals surface area contributed by atoms with Gasteiger partial charge in [0.25, 0.3) is 6.43 Å². The molecule has 0 radical (unpaired) electrons. The highest BCUT2D eigenvalue weighted by atomic mass is 19.3. The number of halogens is 2. The van der Waals surface area contributed by atoms with E-state index in [1.807, 2.05) is 18.2 Å². The van der Waals surface area contributed by atoms with E-state index in [0.29, 0.717) is 25.9 Å². The van der Waals surface area contributed by atoms with Crippen LogP contribution in [-0.4, -0.2) is 46.6 Å². The van der Waals surface area contributed by atoms with E-state index in [9.17, 15) is 18.7 Å². The molecule has 3 aromatic rings. The highest BCUT2D eigenvalue weighted by Gasteiger charge is 2.60. The summed E-state index contributed by atoms with van der Waals surface area (Å²) in [7, 11) is 0. The van der Waals surface area contributed by atoms with E-state index in [2.05, 4.69) is 36.4 Å². The topological polar surface area (TPSA) is 49.8 Å². The molecule has 1 N–H and O–H groups in total. The minimum atomic E-state index is -3.13. The first kappa shape index (κ1) is 25.0. The lowest BCUT2D eigenvalue weighted by atomic mass is 9.78. The molecule has 1 heterocycles. The van der Waals surface area contributed by atoms with Gasteiger partial charge in [-0.15, -0.1) is 0 Å². The summed E-state index contributed by atoms with van der Waals surface area (Å²) < 4.78 is 33.5. The third-order valence-electron chi connectivity index (χ3n) is 7.38. The molecular weight excluding hydrogens is 448 g/mol. The maximum Gasteiger partial charge on any atom is 0.334 e. The number of aliphatic hydroxyl groups is 1.